The molecule has 1 rings (SSSR count). The largest absolute Gasteiger partial charge is 0.397 e. The first-order valence-electron chi connectivity index (χ1n) is 5.24. The van der Waals surface area contributed by atoms with Crippen LogP contribution in [0.4, 0.5) is 0 Å². The quantitative estimate of drug-likeness (QED) is 0.750. The molecule has 2 nitrogen and oxygen atoms in total. The van der Waals surface area contributed by atoms with E-state index in [2.05, 4.69) is 40.2 Å². The lowest BCUT2D eigenvalue weighted by atomic mass is 10.2. The van der Waals surface area contributed by atoms with Gasteiger partial charge in [0.15, 0.2) is 0 Å². The van der Waals surface area contributed by atoms with Crippen LogP contribution in [-0.2, 0) is 14.9 Å². The van der Waals surface area contributed by atoms with Gasteiger partial charge in [0.05, 0.1) is 0 Å². The number of hydrogen-bond donors (Lipinski definition) is 0. The normalized spacial score (nSPS) is 10.9. The number of rotatable bonds is 6. The van der Waals surface area contributed by atoms with Gasteiger partial charge in [-0.3, -0.25) is 0 Å². The molecule has 0 spiro atoms. The lowest BCUT2D eigenvalue weighted by Crippen LogP contribution is -2.26. The van der Waals surface area contributed by atoms with Crippen molar-refractivity contribution in [2.75, 3.05) is 13.2 Å². The molecule has 4 heteroatoms. The van der Waals surface area contributed by atoms with E-state index in [4.69, 9.17) is 8.85 Å². The molecule has 0 aliphatic heterocycles. The molecule has 84 valence electrons. The molecular formula is C11H17BrO2Si. The van der Waals surface area contributed by atoms with E-state index < -0.39 is 9.28 Å². The Balaban J connectivity index is 2.53. The van der Waals surface area contributed by atoms with E-state index in [1.807, 2.05) is 13.8 Å². The van der Waals surface area contributed by atoms with Crippen molar-refractivity contribution in [3.8, 4) is 0 Å². The summed E-state index contributed by atoms with van der Waals surface area (Å²) in [4.78, 5) is 0. The molecule has 0 atom stereocenters. The van der Waals surface area contributed by atoms with Gasteiger partial charge in [0, 0.05) is 23.7 Å². The summed E-state index contributed by atoms with van der Waals surface area (Å²) >= 11 is 3.42. The summed E-state index contributed by atoms with van der Waals surface area (Å²) in [5, 5.41) is 0. The average molecular weight is 289 g/mol. The fraction of sp³-hybridized carbons (Fsp3) is 0.455. The Morgan fingerprint density at radius 1 is 1.07 bits per heavy atom. The molecule has 0 radical (unpaired) electrons. The first-order chi connectivity index (χ1) is 7.26. The Morgan fingerprint density at radius 2 is 1.60 bits per heavy atom. The third kappa shape index (κ3) is 4.93. The van der Waals surface area contributed by atoms with Crippen LogP contribution >= 0.6 is 15.9 Å². The molecule has 1 aromatic rings. The molecule has 0 unspecified atom stereocenters. The third-order valence-corrected chi connectivity index (χ3v) is 4.76. The average Bonchev–Trinajstić information content (AvgIpc) is 2.22. The highest BCUT2D eigenvalue weighted by Crippen LogP contribution is 2.12. The SMILES string of the molecule is CCO[SiH](Cc1ccc(Br)cc1)OCC. The van der Waals surface area contributed by atoms with Crippen molar-refractivity contribution in [1.82, 2.24) is 0 Å². The topological polar surface area (TPSA) is 18.5 Å². The van der Waals surface area contributed by atoms with E-state index in [1.54, 1.807) is 0 Å². The molecule has 0 fully saturated rings. The summed E-state index contributed by atoms with van der Waals surface area (Å²) in [6.45, 7) is 5.52. The number of benzene rings is 1. The second-order valence-corrected chi connectivity index (χ2v) is 6.02. The van der Waals surface area contributed by atoms with E-state index >= 15 is 0 Å². The van der Waals surface area contributed by atoms with Gasteiger partial charge in [-0.15, -0.1) is 0 Å². The summed E-state index contributed by atoms with van der Waals surface area (Å²) in [6.07, 6.45) is 0. The number of hydrogen-bond acceptors (Lipinski definition) is 2. The summed E-state index contributed by atoms with van der Waals surface area (Å²) in [6, 6.07) is 9.27. The van der Waals surface area contributed by atoms with Gasteiger partial charge in [-0.05, 0) is 31.5 Å². The first kappa shape index (κ1) is 12.9. The second kappa shape index (κ2) is 7.17. The fourth-order valence-corrected chi connectivity index (χ4v) is 3.35. The van der Waals surface area contributed by atoms with Crippen molar-refractivity contribution in [1.29, 1.82) is 0 Å². The van der Waals surface area contributed by atoms with Gasteiger partial charge in [0.2, 0.25) is 0 Å². The monoisotopic (exact) mass is 288 g/mol. The number of halogens is 1. The van der Waals surface area contributed by atoms with Crippen molar-refractivity contribution in [3.63, 3.8) is 0 Å². The first-order valence-corrected chi connectivity index (χ1v) is 7.79. The molecule has 0 saturated heterocycles. The smallest absolute Gasteiger partial charge is 0.325 e. The Morgan fingerprint density at radius 3 is 2.07 bits per heavy atom. The van der Waals surface area contributed by atoms with Gasteiger partial charge < -0.3 is 8.85 Å². The maximum atomic E-state index is 5.62. The zero-order valence-corrected chi connectivity index (χ0v) is 11.9. The Hall–Kier alpha value is -0.163. The van der Waals surface area contributed by atoms with Crippen molar-refractivity contribution < 1.29 is 8.85 Å². The molecule has 0 bridgehead atoms. The van der Waals surface area contributed by atoms with Crippen LogP contribution < -0.4 is 0 Å². The third-order valence-electron chi connectivity index (χ3n) is 2.02. The Kier molecular flexibility index (Phi) is 6.17. The Bertz CT molecular complexity index is 270. The summed E-state index contributed by atoms with van der Waals surface area (Å²) in [5.74, 6) is 0. The molecular weight excluding hydrogens is 272 g/mol. The van der Waals surface area contributed by atoms with Gasteiger partial charge in [-0.25, -0.2) is 0 Å². The van der Waals surface area contributed by atoms with Crippen molar-refractivity contribution in [3.05, 3.63) is 34.3 Å². The van der Waals surface area contributed by atoms with Crippen LogP contribution in [0.5, 0.6) is 0 Å². The minimum Gasteiger partial charge on any atom is -0.397 e. The van der Waals surface area contributed by atoms with Gasteiger partial charge >= 0.3 is 9.28 Å². The highest BCUT2D eigenvalue weighted by Gasteiger charge is 2.12. The minimum atomic E-state index is -1.49. The predicted molar refractivity (Wildman–Crippen MR) is 68.2 cm³/mol. The van der Waals surface area contributed by atoms with Crippen molar-refractivity contribution in [2.45, 2.75) is 19.9 Å². The fourth-order valence-electron chi connectivity index (χ4n) is 1.35. The van der Waals surface area contributed by atoms with Crippen LogP contribution in [0.2, 0.25) is 0 Å². The van der Waals surface area contributed by atoms with Crippen LogP contribution in [0, 0.1) is 0 Å². The molecule has 0 aliphatic carbocycles. The molecule has 0 heterocycles. The molecule has 0 aromatic heterocycles. The van der Waals surface area contributed by atoms with Crippen molar-refractivity contribution >= 4 is 25.2 Å². The van der Waals surface area contributed by atoms with E-state index in [0.29, 0.717) is 0 Å². The zero-order valence-electron chi connectivity index (χ0n) is 9.20. The highest BCUT2D eigenvalue weighted by atomic mass is 79.9. The second-order valence-electron chi connectivity index (χ2n) is 3.17. The van der Waals surface area contributed by atoms with Crippen molar-refractivity contribution in [2.24, 2.45) is 0 Å². The molecule has 0 amide bonds. The van der Waals surface area contributed by atoms with Crippen LogP contribution in [-0.4, -0.2) is 22.5 Å². The molecule has 0 aliphatic rings. The van der Waals surface area contributed by atoms with Gasteiger partial charge in [-0.2, -0.15) is 0 Å². The molecule has 1 aromatic carbocycles. The maximum Gasteiger partial charge on any atom is 0.325 e. The highest BCUT2D eigenvalue weighted by molar-refractivity contribution is 9.10. The van der Waals surface area contributed by atoms with Crippen LogP contribution in [0.15, 0.2) is 28.7 Å². The van der Waals surface area contributed by atoms with Gasteiger partial charge in [0.25, 0.3) is 0 Å². The lowest BCUT2D eigenvalue weighted by molar-refractivity contribution is 0.213. The van der Waals surface area contributed by atoms with Crippen LogP contribution in [0.25, 0.3) is 0 Å². The standard InChI is InChI=1S/C11H17BrO2Si/c1-3-13-15(14-4-2)9-10-5-7-11(12)8-6-10/h5-8,15H,3-4,9H2,1-2H3. The minimum absolute atomic E-state index is 0.743. The summed E-state index contributed by atoms with van der Waals surface area (Å²) < 4.78 is 12.4. The van der Waals surface area contributed by atoms with Gasteiger partial charge in [0.1, 0.15) is 0 Å². The van der Waals surface area contributed by atoms with E-state index in [-0.39, 0.29) is 0 Å². The van der Waals surface area contributed by atoms with E-state index in [1.165, 1.54) is 5.56 Å². The van der Waals surface area contributed by atoms with E-state index in [0.717, 1.165) is 23.7 Å². The predicted octanol–water partition coefficient (Wildman–Crippen LogP) is 2.82. The summed E-state index contributed by atoms with van der Waals surface area (Å²) in [7, 11) is -1.49. The molecule has 0 saturated carbocycles. The summed E-state index contributed by atoms with van der Waals surface area (Å²) in [5.41, 5.74) is 1.29. The molecule has 0 N–H and O–H groups in total. The van der Waals surface area contributed by atoms with Crippen LogP contribution in [0.1, 0.15) is 19.4 Å². The zero-order chi connectivity index (χ0) is 11.1. The van der Waals surface area contributed by atoms with Crippen LogP contribution in [0.3, 0.4) is 0 Å². The van der Waals surface area contributed by atoms with E-state index in [9.17, 15) is 0 Å². The van der Waals surface area contributed by atoms with Gasteiger partial charge in [-0.1, -0.05) is 28.1 Å². The molecule has 15 heavy (non-hydrogen) atoms. The lowest BCUT2D eigenvalue weighted by Gasteiger charge is -2.14. The Labute approximate surface area is 102 Å². The maximum absolute atomic E-state index is 5.62.